The summed E-state index contributed by atoms with van der Waals surface area (Å²) in [5, 5.41) is 2.16. The number of hydrogen-bond acceptors (Lipinski definition) is 2. The maximum absolute atomic E-state index is 10.6. The normalized spacial score (nSPS) is 11.0. The van der Waals surface area contributed by atoms with Gasteiger partial charge in [0.1, 0.15) is 0 Å². The van der Waals surface area contributed by atoms with Gasteiger partial charge in [-0.3, -0.25) is 4.79 Å². The Morgan fingerprint density at radius 2 is 1.75 bits per heavy atom. The summed E-state index contributed by atoms with van der Waals surface area (Å²) < 4.78 is 0. The molecule has 1 amide bonds. The number of nitrogens with two attached hydrogens (primary N) is 2. The van der Waals surface area contributed by atoms with E-state index < -0.39 is 5.91 Å². The lowest BCUT2D eigenvalue weighted by molar-refractivity contribution is -0.113. The van der Waals surface area contributed by atoms with Crippen LogP contribution in [-0.2, 0) is 4.79 Å². The Labute approximate surface area is 93.4 Å². The van der Waals surface area contributed by atoms with Crippen LogP contribution in [0.3, 0.4) is 0 Å². The highest BCUT2D eigenvalue weighted by atomic mass is 16.1. The minimum absolute atomic E-state index is 0.479. The van der Waals surface area contributed by atoms with Gasteiger partial charge in [-0.2, -0.15) is 0 Å². The fraction of sp³-hybridized carbons (Fsp3) is 0. The molecule has 0 radical (unpaired) electrons. The number of benzene rings is 2. The molecule has 0 unspecified atom stereocenters. The Bertz CT molecular complexity index is 573. The molecule has 0 aromatic heterocycles. The van der Waals surface area contributed by atoms with Crippen LogP contribution in [0, 0.1) is 0 Å². The van der Waals surface area contributed by atoms with Crippen molar-refractivity contribution >= 4 is 28.4 Å². The molecule has 16 heavy (non-hydrogen) atoms. The van der Waals surface area contributed by atoms with Crippen LogP contribution in [-0.4, -0.2) is 5.91 Å². The van der Waals surface area contributed by atoms with Gasteiger partial charge in [-0.15, -0.1) is 0 Å². The molecule has 0 aliphatic carbocycles. The molecule has 0 bridgehead atoms. The average Bonchev–Trinajstić information content (AvgIpc) is 2.26. The lowest BCUT2D eigenvalue weighted by Crippen LogP contribution is -2.05. The maximum Gasteiger partial charge on any atom is 0.241 e. The van der Waals surface area contributed by atoms with Crippen molar-refractivity contribution in [3.8, 4) is 0 Å². The van der Waals surface area contributed by atoms with Crippen LogP contribution in [0.25, 0.3) is 16.8 Å². The third kappa shape index (κ3) is 2.03. The minimum Gasteiger partial charge on any atom is -0.398 e. The van der Waals surface area contributed by atoms with Gasteiger partial charge in [0.2, 0.25) is 5.91 Å². The Morgan fingerprint density at radius 3 is 2.38 bits per heavy atom. The molecule has 0 saturated heterocycles. The van der Waals surface area contributed by atoms with Crippen LogP contribution in [0.2, 0.25) is 0 Å². The van der Waals surface area contributed by atoms with E-state index in [0.717, 1.165) is 16.3 Å². The van der Waals surface area contributed by atoms with Gasteiger partial charge < -0.3 is 11.5 Å². The molecule has 0 spiro atoms. The highest BCUT2D eigenvalue weighted by Crippen LogP contribution is 2.22. The van der Waals surface area contributed by atoms with Crippen LogP contribution >= 0.6 is 0 Å². The molecule has 0 aliphatic heterocycles. The van der Waals surface area contributed by atoms with E-state index in [4.69, 9.17) is 11.5 Å². The third-order valence-corrected chi connectivity index (χ3v) is 2.38. The first-order valence-electron chi connectivity index (χ1n) is 4.92. The van der Waals surface area contributed by atoms with Crippen LogP contribution in [0.15, 0.2) is 42.5 Å². The van der Waals surface area contributed by atoms with E-state index in [-0.39, 0.29) is 0 Å². The zero-order valence-electron chi connectivity index (χ0n) is 8.68. The summed E-state index contributed by atoms with van der Waals surface area (Å²) in [5.41, 5.74) is 12.3. The second-order valence-corrected chi connectivity index (χ2v) is 3.56. The predicted molar refractivity (Wildman–Crippen MR) is 66.6 cm³/mol. The van der Waals surface area contributed by atoms with Gasteiger partial charge in [0.05, 0.1) is 0 Å². The summed E-state index contributed by atoms with van der Waals surface area (Å²) in [6.07, 6.45) is 2.94. The van der Waals surface area contributed by atoms with Gasteiger partial charge in [0, 0.05) is 11.8 Å². The van der Waals surface area contributed by atoms with Crippen LogP contribution in [0.1, 0.15) is 5.56 Å². The third-order valence-electron chi connectivity index (χ3n) is 2.38. The number of nitrogen functional groups attached to an aromatic ring is 1. The molecule has 3 heteroatoms. The molecule has 2 rings (SSSR count). The van der Waals surface area contributed by atoms with E-state index in [1.807, 2.05) is 36.4 Å². The van der Waals surface area contributed by atoms with Crippen molar-refractivity contribution in [3.63, 3.8) is 0 Å². The van der Waals surface area contributed by atoms with Crippen LogP contribution in [0.4, 0.5) is 5.69 Å². The van der Waals surface area contributed by atoms with E-state index in [1.165, 1.54) is 6.08 Å². The zero-order chi connectivity index (χ0) is 11.5. The smallest absolute Gasteiger partial charge is 0.241 e. The topological polar surface area (TPSA) is 69.1 Å². The highest BCUT2D eigenvalue weighted by Gasteiger charge is 1.99. The van der Waals surface area contributed by atoms with E-state index in [1.54, 1.807) is 6.08 Å². The SMILES string of the molecule is NC(=O)/C=C/c1cc2ccccc2cc1N. The molecule has 2 aromatic rings. The number of anilines is 1. The van der Waals surface area contributed by atoms with Gasteiger partial charge >= 0.3 is 0 Å². The largest absolute Gasteiger partial charge is 0.398 e. The maximum atomic E-state index is 10.6. The summed E-state index contributed by atoms with van der Waals surface area (Å²) in [4.78, 5) is 10.6. The first-order chi connectivity index (χ1) is 7.66. The number of carbonyl (C=O) groups is 1. The first-order valence-corrected chi connectivity index (χ1v) is 4.92. The predicted octanol–water partition coefficient (Wildman–Crippen LogP) is 1.92. The van der Waals surface area contributed by atoms with Gasteiger partial charge in [-0.1, -0.05) is 24.3 Å². The second kappa shape index (κ2) is 4.06. The second-order valence-electron chi connectivity index (χ2n) is 3.56. The number of fused-ring (bicyclic) bond motifs is 1. The minimum atomic E-state index is -0.479. The molecule has 0 heterocycles. The van der Waals surface area contributed by atoms with Crippen LogP contribution in [0.5, 0.6) is 0 Å². The average molecular weight is 212 g/mol. The highest BCUT2D eigenvalue weighted by molar-refractivity contribution is 5.94. The standard InChI is InChI=1S/C13H12N2O/c14-12-8-10-4-2-1-3-9(10)7-11(12)5-6-13(15)16/h1-8H,14H2,(H2,15,16)/b6-5+. The zero-order valence-corrected chi connectivity index (χ0v) is 8.68. The molecular weight excluding hydrogens is 200 g/mol. The number of rotatable bonds is 2. The molecule has 3 nitrogen and oxygen atoms in total. The Hall–Kier alpha value is -2.29. The number of amides is 1. The molecule has 80 valence electrons. The van der Waals surface area contributed by atoms with E-state index in [9.17, 15) is 4.79 Å². The Kier molecular flexibility index (Phi) is 2.60. The van der Waals surface area contributed by atoms with Gasteiger partial charge in [0.25, 0.3) is 0 Å². The summed E-state index contributed by atoms with van der Waals surface area (Å²) in [5.74, 6) is -0.479. The summed E-state index contributed by atoms with van der Waals surface area (Å²) in [6.45, 7) is 0. The van der Waals surface area contributed by atoms with Gasteiger partial charge in [-0.05, 0) is 34.5 Å². The van der Waals surface area contributed by atoms with Crippen molar-refractivity contribution in [1.82, 2.24) is 0 Å². The molecule has 0 aliphatic rings. The monoisotopic (exact) mass is 212 g/mol. The number of primary amides is 1. The molecular formula is C13H12N2O. The van der Waals surface area contributed by atoms with Crippen molar-refractivity contribution in [2.75, 3.05) is 5.73 Å². The summed E-state index contributed by atoms with van der Waals surface area (Å²) in [7, 11) is 0. The lowest BCUT2D eigenvalue weighted by Gasteiger charge is -2.03. The summed E-state index contributed by atoms with van der Waals surface area (Å²) >= 11 is 0. The van der Waals surface area contributed by atoms with Crippen molar-refractivity contribution in [1.29, 1.82) is 0 Å². The molecule has 0 fully saturated rings. The summed E-state index contributed by atoms with van der Waals surface area (Å²) in [6, 6.07) is 11.7. The van der Waals surface area contributed by atoms with E-state index >= 15 is 0 Å². The van der Waals surface area contributed by atoms with Gasteiger partial charge in [0.15, 0.2) is 0 Å². The first kappa shape index (κ1) is 10.2. The van der Waals surface area contributed by atoms with Crippen molar-refractivity contribution in [2.24, 2.45) is 5.73 Å². The van der Waals surface area contributed by atoms with Crippen molar-refractivity contribution in [2.45, 2.75) is 0 Å². The fourth-order valence-electron chi connectivity index (χ4n) is 1.59. The Morgan fingerprint density at radius 1 is 1.12 bits per heavy atom. The van der Waals surface area contributed by atoms with E-state index in [0.29, 0.717) is 5.69 Å². The molecule has 0 atom stereocenters. The van der Waals surface area contributed by atoms with Crippen molar-refractivity contribution < 1.29 is 4.79 Å². The molecule has 2 aromatic carbocycles. The van der Waals surface area contributed by atoms with Crippen LogP contribution < -0.4 is 11.5 Å². The Balaban J connectivity index is 2.54. The van der Waals surface area contributed by atoms with Crippen molar-refractivity contribution in [3.05, 3.63) is 48.0 Å². The molecule has 0 saturated carbocycles. The fourth-order valence-corrected chi connectivity index (χ4v) is 1.59. The number of carbonyl (C=O) groups excluding carboxylic acids is 1. The quantitative estimate of drug-likeness (QED) is 0.589. The number of hydrogen-bond donors (Lipinski definition) is 2. The lowest BCUT2D eigenvalue weighted by atomic mass is 10.0. The van der Waals surface area contributed by atoms with E-state index in [2.05, 4.69) is 0 Å². The molecule has 4 N–H and O–H groups in total. The van der Waals surface area contributed by atoms with Gasteiger partial charge in [-0.25, -0.2) is 0 Å².